The van der Waals surface area contributed by atoms with Gasteiger partial charge in [-0.05, 0) is 31.4 Å². The number of aromatic carboxylic acids is 1. The van der Waals surface area contributed by atoms with Gasteiger partial charge in [-0.15, -0.1) is 11.3 Å². The molecule has 1 unspecified atom stereocenters. The Bertz CT molecular complexity index is 598. The summed E-state index contributed by atoms with van der Waals surface area (Å²) in [6.45, 7) is 3.85. The number of nitrogens with zero attached hydrogens (tertiary/aromatic N) is 3. The lowest BCUT2D eigenvalue weighted by Crippen LogP contribution is -2.32. The van der Waals surface area contributed by atoms with Gasteiger partial charge in [-0.1, -0.05) is 6.07 Å². The normalized spacial score (nSPS) is 12.2. The molecule has 20 heavy (non-hydrogen) atoms. The van der Waals surface area contributed by atoms with E-state index in [0.717, 1.165) is 6.42 Å². The molecule has 2 heterocycles. The van der Waals surface area contributed by atoms with Crippen LogP contribution in [0.25, 0.3) is 0 Å². The van der Waals surface area contributed by atoms with Gasteiger partial charge >= 0.3 is 5.97 Å². The van der Waals surface area contributed by atoms with E-state index >= 15 is 0 Å². The highest BCUT2D eigenvalue weighted by Gasteiger charge is 2.16. The first-order chi connectivity index (χ1) is 9.47. The molecule has 5 nitrogen and oxygen atoms in total. The predicted octanol–water partition coefficient (Wildman–Crippen LogP) is 2.61. The molecular weight excluding hydrogens is 274 g/mol. The highest BCUT2D eigenvalue weighted by atomic mass is 32.1. The molecule has 0 fully saturated rings. The van der Waals surface area contributed by atoms with Crippen LogP contribution < -0.4 is 4.90 Å². The van der Waals surface area contributed by atoms with Crippen molar-refractivity contribution in [2.45, 2.75) is 26.3 Å². The minimum Gasteiger partial charge on any atom is -0.477 e. The van der Waals surface area contributed by atoms with Gasteiger partial charge < -0.3 is 10.0 Å². The lowest BCUT2D eigenvalue weighted by Gasteiger charge is -2.25. The maximum Gasteiger partial charge on any atom is 0.354 e. The van der Waals surface area contributed by atoms with Crippen molar-refractivity contribution in [2.24, 2.45) is 0 Å². The Morgan fingerprint density at radius 3 is 2.85 bits per heavy atom. The summed E-state index contributed by atoms with van der Waals surface area (Å²) in [5.41, 5.74) is 0.685. The molecule has 2 aromatic rings. The number of carboxylic acids is 1. The molecule has 0 radical (unpaired) electrons. The van der Waals surface area contributed by atoms with Crippen molar-refractivity contribution in [3.63, 3.8) is 0 Å². The number of aryl methyl sites for hydroxylation is 1. The second-order valence-corrected chi connectivity index (χ2v) is 5.78. The Kier molecular flexibility index (Phi) is 4.34. The number of rotatable bonds is 5. The highest BCUT2D eigenvalue weighted by Crippen LogP contribution is 2.17. The number of anilines is 1. The monoisotopic (exact) mass is 291 g/mol. The molecule has 2 aromatic heterocycles. The molecule has 106 valence electrons. The number of hydrogen-bond donors (Lipinski definition) is 1. The van der Waals surface area contributed by atoms with E-state index in [1.807, 2.05) is 23.4 Å². The molecule has 0 saturated carbocycles. The van der Waals surface area contributed by atoms with Crippen LogP contribution in [0, 0.1) is 6.92 Å². The minimum atomic E-state index is -1.03. The molecule has 1 N–H and O–H groups in total. The zero-order valence-corrected chi connectivity index (χ0v) is 12.5. The fourth-order valence-electron chi connectivity index (χ4n) is 1.87. The van der Waals surface area contributed by atoms with Crippen molar-refractivity contribution in [2.75, 3.05) is 11.9 Å². The third kappa shape index (κ3) is 3.33. The van der Waals surface area contributed by atoms with Crippen molar-refractivity contribution in [3.05, 3.63) is 39.8 Å². The summed E-state index contributed by atoms with van der Waals surface area (Å²) >= 11 is 1.71. The fraction of sp³-hybridized carbons (Fsp3) is 0.357. The molecule has 1 atom stereocenters. The third-order valence-corrected chi connectivity index (χ3v) is 4.01. The van der Waals surface area contributed by atoms with Gasteiger partial charge in [-0.3, -0.25) is 0 Å². The molecule has 6 heteroatoms. The summed E-state index contributed by atoms with van der Waals surface area (Å²) in [5, 5.41) is 11.1. The Balaban J connectivity index is 2.19. The van der Waals surface area contributed by atoms with E-state index in [-0.39, 0.29) is 11.7 Å². The van der Waals surface area contributed by atoms with Gasteiger partial charge in [0.25, 0.3) is 0 Å². The summed E-state index contributed by atoms with van der Waals surface area (Å²) in [7, 11) is 1.89. The van der Waals surface area contributed by atoms with Gasteiger partial charge in [-0.25, -0.2) is 14.8 Å². The Hall–Kier alpha value is -1.95. The van der Waals surface area contributed by atoms with Crippen molar-refractivity contribution in [3.8, 4) is 0 Å². The Morgan fingerprint density at radius 1 is 1.50 bits per heavy atom. The van der Waals surface area contributed by atoms with Gasteiger partial charge in [0.05, 0.1) is 0 Å². The number of thiophene rings is 1. The topological polar surface area (TPSA) is 66.3 Å². The van der Waals surface area contributed by atoms with Gasteiger partial charge in [0.2, 0.25) is 5.95 Å². The molecular formula is C14H17N3O2S. The maximum atomic E-state index is 11.0. The van der Waals surface area contributed by atoms with E-state index in [1.165, 1.54) is 10.9 Å². The van der Waals surface area contributed by atoms with Gasteiger partial charge in [0.15, 0.2) is 5.69 Å². The smallest absolute Gasteiger partial charge is 0.354 e. The van der Waals surface area contributed by atoms with Crippen molar-refractivity contribution < 1.29 is 9.90 Å². The van der Waals surface area contributed by atoms with E-state index in [1.54, 1.807) is 18.3 Å². The van der Waals surface area contributed by atoms with Crippen molar-refractivity contribution in [1.29, 1.82) is 0 Å². The second kappa shape index (κ2) is 6.00. The van der Waals surface area contributed by atoms with Gasteiger partial charge in [0, 0.05) is 30.1 Å². The van der Waals surface area contributed by atoms with Crippen LogP contribution in [0.5, 0.6) is 0 Å². The molecule has 2 rings (SSSR count). The molecule has 0 aromatic carbocycles. The van der Waals surface area contributed by atoms with Crippen LogP contribution in [0.15, 0.2) is 23.6 Å². The number of hydrogen-bond acceptors (Lipinski definition) is 5. The van der Waals surface area contributed by atoms with Crippen molar-refractivity contribution >= 4 is 23.3 Å². The molecule has 0 aliphatic rings. The van der Waals surface area contributed by atoms with Gasteiger partial charge in [-0.2, -0.15) is 0 Å². The van der Waals surface area contributed by atoms with E-state index in [9.17, 15) is 4.79 Å². The SMILES string of the molecule is Cc1cc(C(=O)O)nc(N(C)C(C)Cc2cccs2)n1. The summed E-state index contributed by atoms with van der Waals surface area (Å²) in [6.07, 6.45) is 0.883. The maximum absolute atomic E-state index is 11.0. The van der Waals surface area contributed by atoms with Crippen LogP contribution in [0.2, 0.25) is 0 Å². The average molecular weight is 291 g/mol. The third-order valence-electron chi connectivity index (χ3n) is 3.11. The molecule has 0 saturated heterocycles. The van der Waals surface area contributed by atoms with Crippen LogP contribution in [-0.4, -0.2) is 34.1 Å². The predicted molar refractivity (Wildman–Crippen MR) is 79.6 cm³/mol. The largest absolute Gasteiger partial charge is 0.477 e. The molecule has 0 aliphatic carbocycles. The first kappa shape index (κ1) is 14.5. The zero-order valence-electron chi connectivity index (χ0n) is 11.7. The highest BCUT2D eigenvalue weighted by molar-refractivity contribution is 7.09. The van der Waals surface area contributed by atoms with Crippen LogP contribution in [0.3, 0.4) is 0 Å². The van der Waals surface area contributed by atoms with Crippen LogP contribution in [0.4, 0.5) is 5.95 Å². The summed E-state index contributed by atoms with van der Waals surface area (Å²) in [6, 6.07) is 5.79. The standard InChI is InChI=1S/C14H17N3O2S/c1-9-7-12(13(18)19)16-14(15-9)17(3)10(2)8-11-5-4-6-20-11/h4-7,10H,8H2,1-3H3,(H,18,19). The summed E-state index contributed by atoms with van der Waals surface area (Å²) in [4.78, 5) is 22.7. The lowest BCUT2D eigenvalue weighted by molar-refractivity contribution is 0.0690. The van der Waals surface area contributed by atoms with E-state index in [0.29, 0.717) is 11.6 Å². The lowest BCUT2D eigenvalue weighted by atomic mass is 10.2. The first-order valence-electron chi connectivity index (χ1n) is 6.31. The quantitative estimate of drug-likeness (QED) is 0.917. The number of likely N-dealkylation sites (N-methyl/N-ethyl adjacent to an activating group) is 1. The summed E-state index contributed by atoms with van der Waals surface area (Å²) in [5.74, 6) is -0.581. The number of carboxylic acid groups (broad SMARTS) is 1. The number of aromatic nitrogens is 2. The first-order valence-corrected chi connectivity index (χ1v) is 7.19. The summed E-state index contributed by atoms with van der Waals surface area (Å²) < 4.78 is 0. The zero-order chi connectivity index (χ0) is 14.7. The molecule has 0 aliphatic heterocycles. The average Bonchev–Trinajstić information content (AvgIpc) is 2.89. The van der Waals surface area contributed by atoms with Crippen LogP contribution in [-0.2, 0) is 6.42 Å². The van der Waals surface area contributed by atoms with Crippen molar-refractivity contribution in [1.82, 2.24) is 9.97 Å². The van der Waals surface area contributed by atoms with E-state index in [4.69, 9.17) is 5.11 Å². The van der Waals surface area contributed by atoms with E-state index in [2.05, 4.69) is 23.0 Å². The number of carbonyl (C=O) groups is 1. The minimum absolute atomic E-state index is 0.0303. The molecule has 0 amide bonds. The Morgan fingerprint density at radius 2 is 2.25 bits per heavy atom. The second-order valence-electron chi connectivity index (χ2n) is 4.74. The van der Waals surface area contributed by atoms with E-state index < -0.39 is 5.97 Å². The van der Waals surface area contributed by atoms with Crippen LogP contribution >= 0.6 is 11.3 Å². The fourth-order valence-corrected chi connectivity index (χ4v) is 2.70. The van der Waals surface area contributed by atoms with Crippen LogP contribution in [0.1, 0.15) is 28.0 Å². The Labute approximate surface area is 121 Å². The molecule has 0 bridgehead atoms. The molecule has 0 spiro atoms. The van der Waals surface area contributed by atoms with Gasteiger partial charge in [0.1, 0.15) is 0 Å².